The van der Waals surface area contributed by atoms with Crippen LogP contribution in [0.3, 0.4) is 0 Å². The highest BCUT2D eigenvalue weighted by Gasteiger charge is 2.20. The largest absolute Gasteiger partial charge is 0.351 e. The minimum absolute atomic E-state index is 0.0439. The number of benzene rings is 2. The van der Waals surface area contributed by atoms with Gasteiger partial charge in [0.2, 0.25) is 5.91 Å². The molecule has 156 valence electrons. The summed E-state index contributed by atoms with van der Waals surface area (Å²) in [7, 11) is 0. The van der Waals surface area contributed by atoms with Gasteiger partial charge in [-0.05, 0) is 42.7 Å². The minimum Gasteiger partial charge on any atom is -0.351 e. The number of piperazine rings is 1. The van der Waals surface area contributed by atoms with Crippen molar-refractivity contribution in [1.29, 1.82) is 0 Å². The number of anilines is 1. The first kappa shape index (κ1) is 20.6. The molecule has 0 saturated carbocycles. The maximum Gasteiger partial charge on any atom is 0.244 e. The minimum atomic E-state index is -0.0439. The normalized spacial score (nSPS) is 15.2. The number of rotatable bonds is 6. The van der Waals surface area contributed by atoms with Crippen LogP contribution in [0.1, 0.15) is 16.7 Å². The molecule has 2 aromatic carbocycles. The fourth-order valence-electron chi connectivity index (χ4n) is 3.79. The second-order valence-electron chi connectivity index (χ2n) is 7.79. The van der Waals surface area contributed by atoms with Gasteiger partial charge in [-0.2, -0.15) is 0 Å². The lowest BCUT2D eigenvalue weighted by Gasteiger charge is -2.34. The summed E-state index contributed by atoms with van der Waals surface area (Å²) in [6, 6.07) is 14.3. The first-order valence-corrected chi connectivity index (χ1v) is 11.3. The molecular weight excluding hydrogens is 392 g/mol. The van der Waals surface area contributed by atoms with E-state index in [2.05, 4.69) is 41.1 Å². The molecule has 1 amide bonds. The fraction of sp³-hybridized carbons (Fsp3) is 0.333. The van der Waals surface area contributed by atoms with E-state index in [-0.39, 0.29) is 5.91 Å². The Balaban J connectivity index is 1.23. The first-order chi connectivity index (χ1) is 14.6. The summed E-state index contributed by atoms with van der Waals surface area (Å²) in [5, 5.41) is 4.10. The number of fused-ring (bicyclic) bond motifs is 1. The van der Waals surface area contributed by atoms with Crippen molar-refractivity contribution < 1.29 is 4.79 Å². The maximum atomic E-state index is 12.0. The van der Waals surface area contributed by atoms with Crippen molar-refractivity contribution >= 4 is 38.7 Å². The molecule has 5 nitrogen and oxygen atoms in total. The number of hydrogen-bond donors (Lipinski definition) is 1. The average Bonchev–Trinajstić information content (AvgIpc) is 3.18. The van der Waals surface area contributed by atoms with Crippen LogP contribution in [0.2, 0.25) is 0 Å². The van der Waals surface area contributed by atoms with Gasteiger partial charge in [-0.3, -0.25) is 9.69 Å². The van der Waals surface area contributed by atoms with Gasteiger partial charge < -0.3 is 10.2 Å². The molecule has 0 aliphatic carbocycles. The predicted molar refractivity (Wildman–Crippen MR) is 126 cm³/mol. The van der Waals surface area contributed by atoms with Crippen LogP contribution in [0.4, 0.5) is 5.13 Å². The number of hydrogen-bond acceptors (Lipinski definition) is 5. The van der Waals surface area contributed by atoms with Crippen LogP contribution in [-0.4, -0.2) is 55.1 Å². The Labute approximate surface area is 182 Å². The monoisotopic (exact) mass is 420 g/mol. The summed E-state index contributed by atoms with van der Waals surface area (Å²) >= 11 is 1.79. The third-order valence-corrected chi connectivity index (χ3v) is 6.48. The van der Waals surface area contributed by atoms with Crippen molar-refractivity contribution in [3.8, 4) is 0 Å². The molecule has 1 saturated heterocycles. The number of carbonyl (C=O) groups is 1. The number of aromatic nitrogens is 1. The van der Waals surface area contributed by atoms with E-state index in [9.17, 15) is 4.79 Å². The van der Waals surface area contributed by atoms with E-state index < -0.39 is 0 Å². The van der Waals surface area contributed by atoms with E-state index in [1.165, 1.54) is 15.8 Å². The van der Waals surface area contributed by atoms with Crippen LogP contribution in [-0.2, 0) is 4.79 Å². The molecule has 1 fully saturated rings. The highest BCUT2D eigenvalue weighted by Crippen LogP contribution is 2.32. The molecule has 0 radical (unpaired) electrons. The predicted octanol–water partition coefficient (Wildman–Crippen LogP) is 3.86. The van der Waals surface area contributed by atoms with Gasteiger partial charge in [0.05, 0.1) is 10.2 Å². The molecule has 1 aliphatic heterocycles. The van der Waals surface area contributed by atoms with Gasteiger partial charge in [0.15, 0.2) is 5.13 Å². The highest BCUT2D eigenvalue weighted by atomic mass is 32.1. The highest BCUT2D eigenvalue weighted by molar-refractivity contribution is 7.22. The second-order valence-corrected chi connectivity index (χ2v) is 8.80. The van der Waals surface area contributed by atoms with Crippen LogP contribution >= 0.6 is 11.3 Å². The van der Waals surface area contributed by atoms with Gasteiger partial charge in [0.1, 0.15) is 0 Å². The lowest BCUT2D eigenvalue weighted by atomic mass is 10.1. The van der Waals surface area contributed by atoms with Crippen LogP contribution in [0.5, 0.6) is 0 Å². The van der Waals surface area contributed by atoms with Gasteiger partial charge in [0, 0.05) is 45.3 Å². The van der Waals surface area contributed by atoms with E-state index >= 15 is 0 Å². The Bertz CT molecular complexity index is 1040. The second kappa shape index (κ2) is 9.41. The quantitative estimate of drug-likeness (QED) is 0.615. The van der Waals surface area contributed by atoms with E-state index in [1.54, 1.807) is 17.4 Å². The molecule has 1 aliphatic rings. The summed E-state index contributed by atoms with van der Waals surface area (Å²) in [4.78, 5) is 21.7. The van der Waals surface area contributed by atoms with Crippen molar-refractivity contribution in [2.24, 2.45) is 0 Å². The van der Waals surface area contributed by atoms with Gasteiger partial charge in [-0.15, -0.1) is 0 Å². The third kappa shape index (κ3) is 5.07. The Hall–Kier alpha value is -2.70. The van der Waals surface area contributed by atoms with Gasteiger partial charge in [-0.25, -0.2) is 4.98 Å². The van der Waals surface area contributed by atoms with Gasteiger partial charge >= 0.3 is 0 Å². The van der Waals surface area contributed by atoms with E-state index in [4.69, 9.17) is 4.98 Å². The average molecular weight is 421 g/mol. The zero-order valence-corrected chi connectivity index (χ0v) is 18.4. The van der Waals surface area contributed by atoms with Crippen LogP contribution < -0.4 is 10.2 Å². The molecule has 4 rings (SSSR count). The van der Waals surface area contributed by atoms with Gasteiger partial charge in [-0.1, -0.05) is 47.7 Å². The summed E-state index contributed by atoms with van der Waals surface area (Å²) < 4.78 is 1.27. The molecule has 30 heavy (non-hydrogen) atoms. The van der Waals surface area contributed by atoms with Crippen molar-refractivity contribution in [2.45, 2.75) is 13.8 Å². The zero-order valence-electron chi connectivity index (χ0n) is 17.6. The van der Waals surface area contributed by atoms with E-state index in [0.717, 1.165) is 48.9 Å². The topological polar surface area (TPSA) is 48.5 Å². The van der Waals surface area contributed by atoms with Crippen molar-refractivity contribution in [3.05, 3.63) is 65.2 Å². The molecule has 6 heteroatoms. The molecular formula is C24H28N4OS. The molecule has 0 bridgehead atoms. The Morgan fingerprint density at radius 1 is 1.13 bits per heavy atom. The lowest BCUT2D eigenvalue weighted by Crippen LogP contribution is -2.48. The Kier molecular flexibility index (Phi) is 6.45. The van der Waals surface area contributed by atoms with E-state index in [0.29, 0.717) is 6.54 Å². The summed E-state index contributed by atoms with van der Waals surface area (Å²) in [6.07, 6.45) is 3.44. The van der Waals surface area contributed by atoms with Crippen molar-refractivity contribution in [3.63, 3.8) is 0 Å². The summed E-state index contributed by atoms with van der Waals surface area (Å²) in [5.74, 6) is -0.0439. The maximum absolute atomic E-state index is 12.0. The number of nitrogens with zero attached hydrogens (tertiary/aromatic N) is 3. The molecule has 0 atom stereocenters. The summed E-state index contributed by atoms with van der Waals surface area (Å²) in [6.45, 7) is 9.74. The third-order valence-electron chi connectivity index (χ3n) is 5.42. The molecule has 0 unspecified atom stereocenters. The Morgan fingerprint density at radius 3 is 2.67 bits per heavy atom. The molecule has 0 spiro atoms. The smallest absolute Gasteiger partial charge is 0.244 e. The van der Waals surface area contributed by atoms with Crippen molar-refractivity contribution in [2.75, 3.05) is 44.2 Å². The molecule has 2 heterocycles. The SMILES string of the molecule is Cc1cc(C)c2nc(N3CCN(CCNC(=O)/C=C/c4ccccc4)CC3)sc2c1. The summed E-state index contributed by atoms with van der Waals surface area (Å²) in [5.41, 5.74) is 4.71. The molecule has 3 aromatic rings. The number of aryl methyl sites for hydroxylation is 2. The van der Waals surface area contributed by atoms with E-state index in [1.807, 2.05) is 36.4 Å². The number of amides is 1. The number of carbonyl (C=O) groups excluding carboxylic acids is 1. The first-order valence-electron chi connectivity index (χ1n) is 10.4. The Morgan fingerprint density at radius 2 is 1.90 bits per heavy atom. The molecule has 1 aromatic heterocycles. The lowest BCUT2D eigenvalue weighted by molar-refractivity contribution is -0.116. The standard InChI is InChI=1S/C24H28N4OS/c1-18-16-19(2)23-21(17-18)30-24(26-23)28-14-12-27(13-15-28)11-10-25-22(29)9-8-20-6-4-3-5-7-20/h3-9,16-17H,10-15H2,1-2H3,(H,25,29)/b9-8+. The number of nitrogens with one attached hydrogen (secondary N) is 1. The fourth-order valence-corrected chi connectivity index (χ4v) is 4.98. The molecule has 1 N–H and O–H groups in total. The zero-order chi connectivity index (χ0) is 20.9. The van der Waals surface area contributed by atoms with Crippen LogP contribution in [0.25, 0.3) is 16.3 Å². The van der Waals surface area contributed by atoms with Crippen LogP contribution in [0.15, 0.2) is 48.5 Å². The van der Waals surface area contributed by atoms with Crippen molar-refractivity contribution in [1.82, 2.24) is 15.2 Å². The van der Waals surface area contributed by atoms with Gasteiger partial charge in [0.25, 0.3) is 0 Å². The number of thiazole rings is 1. The van der Waals surface area contributed by atoms with Crippen LogP contribution in [0, 0.1) is 13.8 Å².